The molecule has 1 aromatic carbocycles. The van der Waals surface area contributed by atoms with Crippen molar-refractivity contribution < 1.29 is 26.7 Å². The van der Waals surface area contributed by atoms with Crippen molar-refractivity contribution in [2.45, 2.75) is 122 Å². The zero-order valence-electron chi connectivity index (χ0n) is 23.5. The smallest absolute Gasteiger partial charge is 0.416 e. The summed E-state index contributed by atoms with van der Waals surface area (Å²) < 4.78 is 72.5. The van der Waals surface area contributed by atoms with Gasteiger partial charge in [-0.05, 0) is 118 Å². The van der Waals surface area contributed by atoms with E-state index in [2.05, 4.69) is 19.1 Å². The van der Waals surface area contributed by atoms with Crippen LogP contribution in [0.5, 0.6) is 5.75 Å². The maximum Gasteiger partial charge on any atom is 0.416 e. The van der Waals surface area contributed by atoms with Crippen LogP contribution in [0.15, 0.2) is 36.4 Å². The Morgan fingerprint density at radius 3 is 1.72 bits per heavy atom. The number of ether oxygens (including phenoxy) is 1. The fourth-order valence-electron chi connectivity index (χ4n) is 7.35. The first-order valence-corrected chi connectivity index (χ1v) is 15.6. The molecular weight excluding hydrogens is 507 g/mol. The van der Waals surface area contributed by atoms with Gasteiger partial charge < -0.3 is 4.74 Å². The van der Waals surface area contributed by atoms with E-state index in [1.165, 1.54) is 77.0 Å². The van der Waals surface area contributed by atoms with Crippen molar-refractivity contribution in [3.63, 3.8) is 0 Å². The van der Waals surface area contributed by atoms with Crippen LogP contribution < -0.4 is 4.74 Å². The first-order valence-electron chi connectivity index (χ1n) is 15.6. The molecule has 1 nitrogen and oxygen atoms in total. The van der Waals surface area contributed by atoms with Crippen LogP contribution in [0.1, 0.15) is 115 Å². The minimum atomic E-state index is -4.50. The molecule has 1 aromatic rings. The van der Waals surface area contributed by atoms with Gasteiger partial charge in [0.2, 0.25) is 0 Å². The van der Waals surface area contributed by atoms with Gasteiger partial charge in [0, 0.05) is 0 Å². The van der Waals surface area contributed by atoms with Crippen molar-refractivity contribution in [2.75, 3.05) is 0 Å². The molecule has 0 saturated heterocycles. The van der Waals surface area contributed by atoms with Crippen LogP contribution in [0.25, 0.3) is 0 Å². The molecule has 6 heteroatoms. The van der Waals surface area contributed by atoms with Crippen LogP contribution >= 0.6 is 0 Å². The van der Waals surface area contributed by atoms with Crippen LogP contribution in [0.2, 0.25) is 0 Å². The van der Waals surface area contributed by atoms with Gasteiger partial charge in [0.1, 0.15) is 5.75 Å². The summed E-state index contributed by atoms with van der Waals surface area (Å²) in [4.78, 5) is 0. The van der Waals surface area contributed by atoms with Gasteiger partial charge in [-0.25, -0.2) is 0 Å². The summed E-state index contributed by atoms with van der Waals surface area (Å²) in [6.07, 6.45) is 15.3. The van der Waals surface area contributed by atoms with Crippen molar-refractivity contribution in [1.82, 2.24) is 0 Å². The lowest BCUT2D eigenvalue weighted by Gasteiger charge is -2.37. The van der Waals surface area contributed by atoms with Gasteiger partial charge in [0.15, 0.2) is 0 Å². The number of hydrogen-bond acceptors (Lipinski definition) is 1. The summed E-state index contributed by atoms with van der Waals surface area (Å²) >= 11 is 0. The molecule has 3 fully saturated rings. The normalized spacial score (nSPS) is 30.9. The van der Waals surface area contributed by atoms with E-state index in [4.69, 9.17) is 4.74 Å². The Bertz CT molecular complexity index is 868. The number of alkyl halides is 5. The lowest BCUT2D eigenvalue weighted by atomic mass is 9.68. The third kappa shape index (κ3) is 8.95. The minimum Gasteiger partial charge on any atom is -0.432 e. The third-order valence-electron chi connectivity index (χ3n) is 9.93. The van der Waals surface area contributed by atoms with Gasteiger partial charge in [0.05, 0.1) is 11.5 Å². The van der Waals surface area contributed by atoms with Crippen molar-refractivity contribution in [1.29, 1.82) is 0 Å². The molecule has 0 amide bonds. The molecule has 4 rings (SSSR count). The molecule has 39 heavy (non-hydrogen) atoms. The summed E-state index contributed by atoms with van der Waals surface area (Å²) in [7, 11) is 0. The van der Waals surface area contributed by atoms with E-state index in [-0.39, 0.29) is 5.75 Å². The van der Waals surface area contributed by atoms with E-state index >= 15 is 0 Å². The van der Waals surface area contributed by atoms with Crippen molar-refractivity contribution >= 4 is 0 Å². The lowest BCUT2D eigenvalue weighted by Crippen LogP contribution is -2.37. The fraction of sp³-hybridized carbons (Fsp3) is 0.758. The molecule has 0 unspecified atom stereocenters. The molecule has 220 valence electrons. The molecule has 3 saturated carbocycles. The zero-order valence-corrected chi connectivity index (χ0v) is 23.5. The summed E-state index contributed by atoms with van der Waals surface area (Å²) in [5, 5.41) is 0. The molecular formula is C33H47F5O. The first kappa shape index (κ1) is 30.4. The first-order chi connectivity index (χ1) is 18.6. The van der Waals surface area contributed by atoms with E-state index in [1.54, 1.807) is 0 Å². The van der Waals surface area contributed by atoms with Gasteiger partial charge >= 0.3 is 12.3 Å². The molecule has 0 atom stereocenters. The fourth-order valence-corrected chi connectivity index (χ4v) is 7.35. The minimum absolute atomic E-state index is 0.231. The standard InChI is InChI=1S/C33H47F5O/c1-2-3-4-5-24-8-14-27(15-9-24)28-16-10-25(11-17-28)6-7-26-12-18-30(19-13-26)33(37,38)39-31-22-20-29(21-23-31)32(34,35)36/h6-7,20-28,30H,2-5,8-19H2,1H3/b7-6+. The van der Waals surface area contributed by atoms with Crippen LogP contribution in [0.4, 0.5) is 22.0 Å². The number of unbranched alkanes of at least 4 members (excludes halogenated alkanes) is 2. The molecule has 0 spiro atoms. The Morgan fingerprint density at radius 2 is 1.21 bits per heavy atom. The van der Waals surface area contributed by atoms with Crippen molar-refractivity contribution in [3.8, 4) is 5.75 Å². The second-order valence-electron chi connectivity index (χ2n) is 12.6. The maximum atomic E-state index is 14.8. The Balaban J connectivity index is 1.14. The molecule has 0 heterocycles. The number of rotatable bonds is 10. The average molecular weight is 555 g/mol. The molecule has 0 radical (unpaired) electrons. The van der Waals surface area contributed by atoms with Crippen molar-refractivity contribution in [3.05, 3.63) is 42.0 Å². The second-order valence-corrected chi connectivity index (χ2v) is 12.6. The summed E-state index contributed by atoms with van der Waals surface area (Å²) in [6, 6.07) is 3.50. The average Bonchev–Trinajstić information content (AvgIpc) is 2.93. The Morgan fingerprint density at radius 1 is 0.692 bits per heavy atom. The number of benzene rings is 1. The van der Waals surface area contributed by atoms with E-state index in [9.17, 15) is 22.0 Å². The summed E-state index contributed by atoms with van der Waals surface area (Å²) in [5.41, 5.74) is -0.876. The quantitative estimate of drug-likeness (QED) is 0.159. The maximum absolute atomic E-state index is 14.8. The Labute approximate surface area is 232 Å². The second kappa shape index (κ2) is 13.9. The van der Waals surface area contributed by atoms with Crippen LogP contribution in [0.3, 0.4) is 0 Å². The largest absolute Gasteiger partial charge is 0.432 e. The zero-order chi connectivity index (χ0) is 27.9. The van der Waals surface area contributed by atoms with Crippen molar-refractivity contribution in [2.24, 2.45) is 35.5 Å². The van der Waals surface area contributed by atoms with Gasteiger partial charge in [-0.2, -0.15) is 22.0 Å². The van der Waals surface area contributed by atoms with E-state index in [0.29, 0.717) is 37.5 Å². The van der Waals surface area contributed by atoms with Gasteiger partial charge in [0.25, 0.3) is 0 Å². The monoisotopic (exact) mass is 554 g/mol. The third-order valence-corrected chi connectivity index (χ3v) is 9.93. The molecule has 0 N–H and O–H groups in total. The van der Waals surface area contributed by atoms with Gasteiger partial charge in [-0.15, -0.1) is 0 Å². The van der Waals surface area contributed by atoms with E-state index in [1.807, 2.05) is 0 Å². The Kier molecular flexibility index (Phi) is 10.8. The highest BCUT2D eigenvalue weighted by Gasteiger charge is 2.44. The van der Waals surface area contributed by atoms with Crippen LogP contribution in [-0.4, -0.2) is 6.11 Å². The lowest BCUT2D eigenvalue weighted by molar-refractivity contribution is -0.223. The Hall–Kier alpha value is -1.59. The predicted octanol–water partition coefficient (Wildman–Crippen LogP) is 11.2. The van der Waals surface area contributed by atoms with E-state index < -0.39 is 23.8 Å². The van der Waals surface area contributed by atoms with E-state index in [0.717, 1.165) is 42.0 Å². The summed E-state index contributed by atoms with van der Waals surface area (Å²) in [6.45, 7) is 2.28. The molecule has 0 aliphatic heterocycles. The van der Waals surface area contributed by atoms with Gasteiger partial charge in [-0.3, -0.25) is 0 Å². The number of allylic oxidation sites excluding steroid dienone is 2. The number of hydrogen-bond donors (Lipinski definition) is 0. The molecule has 0 bridgehead atoms. The highest BCUT2D eigenvalue weighted by molar-refractivity contribution is 5.29. The SMILES string of the molecule is CCCCCC1CCC(C2CCC(/C=C/C3CCC(C(F)(F)Oc4ccc(C(F)(F)F)cc4)CC3)CC2)CC1. The van der Waals surface area contributed by atoms with Crippen LogP contribution in [0, 0.1) is 35.5 Å². The molecule has 0 aromatic heterocycles. The highest BCUT2D eigenvalue weighted by Crippen LogP contribution is 2.44. The highest BCUT2D eigenvalue weighted by atomic mass is 19.4. The number of halogens is 5. The molecule has 3 aliphatic rings. The van der Waals surface area contributed by atoms with Crippen LogP contribution in [-0.2, 0) is 6.18 Å². The molecule has 3 aliphatic carbocycles. The summed E-state index contributed by atoms with van der Waals surface area (Å²) in [5.74, 6) is 2.59. The predicted molar refractivity (Wildman–Crippen MR) is 147 cm³/mol. The topological polar surface area (TPSA) is 9.23 Å². The van der Waals surface area contributed by atoms with Gasteiger partial charge in [-0.1, -0.05) is 57.6 Å².